The fourth-order valence-corrected chi connectivity index (χ4v) is 1.53. The Balaban J connectivity index is 2.64. The van der Waals surface area contributed by atoms with Crippen molar-refractivity contribution in [2.45, 2.75) is 6.42 Å². The van der Waals surface area contributed by atoms with E-state index in [9.17, 15) is 9.59 Å². The highest BCUT2D eigenvalue weighted by atomic mass is 32.1. The van der Waals surface area contributed by atoms with Gasteiger partial charge in [0.15, 0.2) is 5.69 Å². The molecule has 0 aromatic carbocycles. The molecule has 5 nitrogen and oxygen atoms in total. The van der Waals surface area contributed by atoms with Crippen LogP contribution in [0.15, 0.2) is 11.5 Å². The fraction of sp³-hybridized carbons (Fsp3) is 0.222. The van der Waals surface area contributed by atoms with Crippen molar-refractivity contribution in [3.8, 4) is 0 Å². The van der Waals surface area contributed by atoms with Crippen LogP contribution in [0.25, 0.3) is 6.08 Å². The number of thiazole rings is 1. The molecule has 0 saturated carbocycles. The quantitative estimate of drug-likeness (QED) is 0.787. The molecule has 0 spiro atoms. The van der Waals surface area contributed by atoms with Gasteiger partial charge in [0, 0.05) is 5.38 Å². The second-order valence-electron chi connectivity index (χ2n) is 2.56. The number of carboxylic acid groups (broad SMARTS) is 1. The number of carbonyl (C=O) groups excluding carboxylic acids is 1. The van der Waals surface area contributed by atoms with Crippen molar-refractivity contribution in [2.24, 2.45) is 0 Å². The largest absolute Gasteiger partial charge is 0.481 e. The lowest BCUT2D eigenvalue weighted by Crippen LogP contribution is -2.00. The first-order valence-electron chi connectivity index (χ1n) is 4.05. The highest BCUT2D eigenvalue weighted by Crippen LogP contribution is 2.12. The maximum atomic E-state index is 11.0. The standard InChI is InChI=1S/C9H9NO4S/c1-14-9(13)6-5-15-7(10-6)3-2-4-8(11)12/h2-3,5H,4H2,1H3,(H,11,12). The van der Waals surface area contributed by atoms with Gasteiger partial charge in [-0.1, -0.05) is 6.08 Å². The smallest absolute Gasteiger partial charge is 0.357 e. The number of esters is 1. The van der Waals surface area contributed by atoms with E-state index < -0.39 is 11.9 Å². The molecule has 0 atom stereocenters. The number of nitrogens with zero attached hydrogens (tertiary/aromatic N) is 1. The number of hydrogen-bond acceptors (Lipinski definition) is 5. The fourth-order valence-electron chi connectivity index (χ4n) is 0.823. The summed E-state index contributed by atoms with van der Waals surface area (Å²) in [5.74, 6) is -1.40. The number of ether oxygens (including phenoxy) is 1. The van der Waals surface area contributed by atoms with Gasteiger partial charge in [-0.2, -0.15) is 0 Å². The van der Waals surface area contributed by atoms with Gasteiger partial charge in [-0.05, 0) is 6.08 Å². The van der Waals surface area contributed by atoms with Crippen molar-refractivity contribution >= 4 is 29.4 Å². The van der Waals surface area contributed by atoms with E-state index in [1.165, 1.54) is 24.5 Å². The first kappa shape index (κ1) is 11.4. The molecule has 1 aromatic rings. The number of aromatic nitrogens is 1. The third-order valence-corrected chi connectivity index (χ3v) is 2.28. The molecule has 1 aromatic heterocycles. The molecule has 0 aliphatic carbocycles. The Bertz CT molecular complexity index is 397. The van der Waals surface area contributed by atoms with Crippen LogP contribution in [0.1, 0.15) is 21.9 Å². The van der Waals surface area contributed by atoms with E-state index in [4.69, 9.17) is 5.11 Å². The van der Waals surface area contributed by atoms with Crippen molar-refractivity contribution in [1.82, 2.24) is 4.98 Å². The van der Waals surface area contributed by atoms with Gasteiger partial charge in [0.05, 0.1) is 13.5 Å². The average molecular weight is 227 g/mol. The molecule has 0 fully saturated rings. The number of hydrogen-bond donors (Lipinski definition) is 1. The molecule has 0 aliphatic rings. The Morgan fingerprint density at radius 2 is 2.40 bits per heavy atom. The van der Waals surface area contributed by atoms with E-state index in [-0.39, 0.29) is 12.1 Å². The van der Waals surface area contributed by atoms with E-state index >= 15 is 0 Å². The number of carboxylic acids is 1. The average Bonchev–Trinajstić information content (AvgIpc) is 2.65. The molecule has 0 unspecified atom stereocenters. The van der Waals surface area contributed by atoms with E-state index in [1.54, 1.807) is 11.5 Å². The maximum Gasteiger partial charge on any atom is 0.357 e. The number of aliphatic carboxylic acids is 1. The second kappa shape index (κ2) is 5.26. The summed E-state index contributed by atoms with van der Waals surface area (Å²) in [6.45, 7) is 0. The minimum atomic E-state index is -0.906. The van der Waals surface area contributed by atoms with Gasteiger partial charge >= 0.3 is 11.9 Å². The van der Waals surface area contributed by atoms with Crippen LogP contribution < -0.4 is 0 Å². The van der Waals surface area contributed by atoms with Crippen molar-refractivity contribution in [3.05, 3.63) is 22.2 Å². The van der Waals surface area contributed by atoms with E-state index in [2.05, 4.69) is 9.72 Å². The van der Waals surface area contributed by atoms with Gasteiger partial charge in [0.25, 0.3) is 0 Å². The SMILES string of the molecule is COC(=O)c1csc(C=CCC(=O)O)n1. The second-order valence-corrected chi connectivity index (χ2v) is 3.45. The van der Waals surface area contributed by atoms with E-state index in [0.29, 0.717) is 5.01 Å². The summed E-state index contributed by atoms with van der Waals surface area (Å²) in [7, 11) is 1.28. The third-order valence-electron chi connectivity index (χ3n) is 1.47. The zero-order valence-electron chi connectivity index (χ0n) is 7.97. The van der Waals surface area contributed by atoms with Gasteiger partial charge < -0.3 is 9.84 Å². The van der Waals surface area contributed by atoms with Crippen LogP contribution in [-0.4, -0.2) is 29.1 Å². The Morgan fingerprint density at radius 1 is 1.67 bits per heavy atom. The molecule has 6 heteroatoms. The molecule has 1 N–H and O–H groups in total. The van der Waals surface area contributed by atoms with Crippen LogP contribution in [0.3, 0.4) is 0 Å². The molecule has 0 amide bonds. The van der Waals surface area contributed by atoms with Gasteiger partial charge in [0.1, 0.15) is 5.01 Å². The lowest BCUT2D eigenvalue weighted by Gasteiger charge is -1.90. The van der Waals surface area contributed by atoms with Crippen LogP contribution in [0.5, 0.6) is 0 Å². The molecular weight excluding hydrogens is 218 g/mol. The molecule has 80 valence electrons. The van der Waals surface area contributed by atoms with E-state index in [1.807, 2.05) is 0 Å². The van der Waals surface area contributed by atoms with Gasteiger partial charge in [-0.15, -0.1) is 11.3 Å². The number of carbonyl (C=O) groups is 2. The van der Waals surface area contributed by atoms with Crippen molar-refractivity contribution < 1.29 is 19.4 Å². The molecule has 0 bridgehead atoms. The summed E-state index contributed by atoms with van der Waals surface area (Å²) in [5.41, 5.74) is 0.234. The Hall–Kier alpha value is -1.69. The molecule has 0 aliphatic heterocycles. The number of methoxy groups -OCH3 is 1. The van der Waals surface area contributed by atoms with Crippen molar-refractivity contribution in [1.29, 1.82) is 0 Å². The summed E-state index contributed by atoms with van der Waals surface area (Å²) in [4.78, 5) is 25.2. The normalized spacial score (nSPS) is 10.5. The Kier molecular flexibility index (Phi) is 3.99. The predicted octanol–water partition coefficient (Wildman–Crippen LogP) is 1.42. The van der Waals surface area contributed by atoms with Crippen LogP contribution in [-0.2, 0) is 9.53 Å². The van der Waals surface area contributed by atoms with Gasteiger partial charge in [0.2, 0.25) is 0 Å². The Labute approximate surface area is 90.0 Å². The monoisotopic (exact) mass is 227 g/mol. The Morgan fingerprint density at radius 3 is 3.00 bits per heavy atom. The van der Waals surface area contributed by atoms with Crippen LogP contribution in [0.4, 0.5) is 0 Å². The molecule has 15 heavy (non-hydrogen) atoms. The lowest BCUT2D eigenvalue weighted by molar-refractivity contribution is -0.135. The minimum absolute atomic E-state index is 0.0624. The summed E-state index contributed by atoms with van der Waals surface area (Å²) >= 11 is 1.25. The van der Waals surface area contributed by atoms with Crippen molar-refractivity contribution in [2.75, 3.05) is 7.11 Å². The third kappa shape index (κ3) is 3.51. The minimum Gasteiger partial charge on any atom is -0.481 e. The topological polar surface area (TPSA) is 76.5 Å². The summed E-state index contributed by atoms with van der Waals surface area (Å²) in [5, 5.41) is 10.5. The molecule has 0 saturated heterocycles. The highest BCUT2D eigenvalue weighted by Gasteiger charge is 2.08. The van der Waals surface area contributed by atoms with Crippen molar-refractivity contribution in [3.63, 3.8) is 0 Å². The highest BCUT2D eigenvalue weighted by molar-refractivity contribution is 7.10. The molecular formula is C9H9NO4S. The first-order valence-corrected chi connectivity index (χ1v) is 4.93. The molecule has 1 heterocycles. The predicted molar refractivity (Wildman–Crippen MR) is 54.7 cm³/mol. The summed E-state index contributed by atoms with van der Waals surface area (Å²) in [6.07, 6.45) is 2.97. The van der Waals surface area contributed by atoms with Gasteiger partial charge in [-0.25, -0.2) is 9.78 Å². The summed E-state index contributed by atoms with van der Waals surface area (Å²) < 4.78 is 4.48. The zero-order valence-corrected chi connectivity index (χ0v) is 8.78. The van der Waals surface area contributed by atoms with Crippen LogP contribution in [0.2, 0.25) is 0 Å². The van der Waals surface area contributed by atoms with Crippen LogP contribution in [0, 0.1) is 0 Å². The first-order chi connectivity index (χ1) is 7.13. The van der Waals surface area contributed by atoms with Crippen LogP contribution >= 0.6 is 11.3 Å². The van der Waals surface area contributed by atoms with E-state index in [0.717, 1.165) is 0 Å². The summed E-state index contributed by atoms with van der Waals surface area (Å²) in [6, 6.07) is 0. The number of rotatable bonds is 4. The maximum absolute atomic E-state index is 11.0. The van der Waals surface area contributed by atoms with Gasteiger partial charge in [-0.3, -0.25) is 4.79 Å². The lowest BCUT2D eigenvalue weighted by atomic mass is 10.4. The molecule has 0 radical (unpaired) electrons. The molecule has 1 rings (SSSR count). The zero-order chi connectivity index (χ0) is 11.3.